The van der Waals surface area contributed by atoms with E-state index in [1.807, 2.05) is 19.1 Å². The van der Waals surface area contributed by atoms with Crippen LogP contribution in [-0.2, 0) is 4.79 Å². The number of amides is 1. The number of anilines is 1. The van der Waals surface area contributed by atoms with Crippen molar-refractivity contribution in [1.29, 1.82) is 0 Å². The van der Waals surface area contributed by atoms with Gasteiger partial charge < -0.3 is 10.1 Å². The van der Waals surface area contributed by atoms with Crippen LogP contribution < -0.4 is 10.1 Å². The number of carbonyl (C=O) groups is 1. The molecular weight excluding hydrogens is 329 g/mol. The van der Waals surface area contributed by atoms with Gasteiger partial charge in [-0.2, -0.15) is 0 Å². The Balaban J connectivity index is 1.45. The van der Waals surface area contributed by atoms with Crippen molar-refractivity contribution in [1.82, 2.24) is 0 Å². The van der Waals surface area contributed by atoms with Crippen molar-refractivity contribution in [3.05, 3.63) is 59.9 Å². The molecule has 1 aliphatic rings. The molecule has 1 saturated carbocycles. The fourth-order valence-corrected chi connectivity index (χ4v) is 3.71. The third-order valence-electron chi connectivity index (χ3n) is 5.11. The van der Waals surface area contributed by atoms with Crippen LogP contribution in [0.1, 0.15) is 50.5 Å². The van der Waals surface area contributed by atoms with Crippen molar-refractivity contribution in [3.63, 3.8) is 0 Å². The summed E-state index contributed by atoms with van der Waals surface area (Å²) in [6.07, 6.45) is 4.89. The number of ether oxygens (including phenoxy) is 1. The zero-order valence-electron chi connectivity index (χ0n) is 15.2. The number of carbonyl (C=O) groups excluding carboxylic acids is 1. The minimum absolute atomic E-state index is 0.0149. The molecule has 3 nitrogen and oxygen atoms in total. The van der Waals surface area contributed by atoms with E-state index in [1.54, 1.807) is 12.1 Å². The number of hydrogen-bond donors (Lipinski definition) is 1. The zero-order valence-corrected chi connectivity index (χ0v) is 15.2. The van der Waals surface area contributed by atoms with Gasteiger partial charge in [-0.15, -0.1) is 0 Å². The first-order chi connectivity index (χ1) is 12.6. The molecule has 0 spiro atoms. The zero-order chi connectivity index (χ0) is 18.4. The summed E-state index contributed by atoms with van der Waals surface area (Å²) in [6, 6.07) is 14.3. The monoisotopic (exact) mass is 355 g/mol. The van der Waals surface area contributed by atoms with Gasteiger partial charge in [-0.25, -0.2) is 4.39 Å². The van der Waals surface area contributed by atoms with Gasteiger partial charge in [0, 0.05) is 12.1 Å². The highest BCUT2D eigenvalue weighted by atomic mass is 19.1. The molecule has 0 unspecified atom stereocenters. The molecule has 1 fully saturated rings. The Labute approximate surface area is 154 Å². The van der Waals surface area contributed by atoms with Gasteiger partial charge in [0.05, 0.1) is 6.61 Å². The first kappa shape index (κ1) is 18.4. The van der Waals surface area contributed by atoms with Crippen LogP contribution in [0.15, 0.2) is 48.5 Å². The fraction of sp³-hybridized carbons (Fsp3) is 0.409. The van der Waals surface area contributed by atoms with Gasteiger partial charge in [0.1, 0.15) is 11.6 Å². The summed E-state index contributed by atoms with van der Waals surface area (Å²) in [5, 5.41) is 2.86. The number of rotatable bonds is 6. The number of benzene rings is 2. The standard InChI is InChI=1S/C22H26FNO2/c1-2-26-21-13-7-18(8-14-21)17-5-3-16(4-6-17)15-22(25)24-20-11-9-19(23)10-12-20/h7-14,16-17H,2-6,15H2,1H3,(H,24,25). The lowest BCUT2D eigenvalue weighted by Gasteiger charge is -2.28. The van der Waals surface area contributed by atoms with E-state index < -0.39 is 0 Å². The molecular formula is C22H26FNO2. The van der Waals surface area contributed by atoms with E-state index >= 15 is 0 Å². The first-order valence-corrected chi connectivity index (χ1v) is 9.42. The molecule has 1 N–H and O–H groups in total. The smallest absolute Gasteiger partial charge is 0.224 e. The van der Waals surface area contributed by atoms with Crippen LogP contribution in [-0.4, -0.2) is 12.5 Å². The van der Waals surface area contributed by atoms with Gasteiger partial charge in [0.25, 0.3) is 0 Å². The summed E-state index contributed by atoms with van der Waals surface area (Å²) < 4.78 is 18.4. The Hall–Kier alpha value is -2.36. The molecule has 0 radical (unpaired) electrons. The second-order valence-electron chi connectivity index (χ2n) is 6.98. The molecule has 0 heterocycles. The number of nitrogens with one attached hydrogen (secondary N) is 1. The molecule has 1 amide bonds. The first-order valence-electron chi connectivity index (χ1n) is 9.42. The average Bonchev–Trinajstić information content (AvgIpc) is 2.65. The van der Waals surface area contributed by atoms with Crippen molar-refractivity contribution in [2.45, 2.75) is 44.9 Å². The van der Waals surface area contributed by atoms with Crippen molar-refractivity contribution >= 4 is 11.6 Å². The van der Waals surface area contributed by atoms with Gasteiger partial charge in [-0.05, 0) is 86.4 Å². The van der Waals surface area contributed by atoms with Crippen LogP contribution in [0, 0.1) is 11.7 Å². The largest absolute Gasteiger partial charge is 0.494 e. The molecule has 0 saturated heterocycles. The van der Waals surface area contributed by atoms with E-state index in [0.29, 0.717) is 30.6 Å². The summed E-state index contributed by atoms with van der Waals surface area (Å²) in [6.45, 7) is 2.67. The Morgan fingerprint density at radius 1 is 1.04 bits per heavy atom. The Morgan fingerprint density at radius 2 is 1.69 bits per heavy atom. The number of hydrogen-bond acceptors (Lipinski definition) is 2. The summed E-state index contributed by atoms with van der Waals surface area (Å²) in [4.78, 5) is 12.2. The van der Waals surface area contributed by atoms with Gasteiger partial charge in [-0.3, -0.25) is 4.79 Å². The second kappa shape index (κ2) is 8.84. The van der Waals surface area contributed by atoms with Crippen LogP contribution in [0.5, 0.6) is 5.75 Å². The van der Waals surface area contributed by atoms with Crippen LogP contribution in [0.25, 0.3) is 0 Å². The normalized spacial score (nSPS) is 19.8. The van der Waals surface area contributed by atoms with E-state index in [4.69, 9.17) is 4.74 Å². The molecule has 2 aromatic carbocycles. The lowest BCUT2D eigenvalue weighted by molar-refractivity contribution is -0.117. The topological polar surface area (TPSA) is 38.3 Å². The summed E-state index contributed by atoms with van der Waals surface area (Å²) in [5.74, 6) is 1.63. The lowest BCUT2D eigenvalue weighted by atomic mass is 9.77. The molecule has 0 bridgehead atoms. The van der Waals surface area contributed by atoms with Crippen molar-refractivity contribution in [2.75, 3.05) is 11.9 Å². The van der Waals surface area contributed by atoms with E-state index in [-0.39, 0.29) is 11.7 Å². The maximum Gasteiger partial charge on any atom is 0.224 e. The van der Waals surface area contributed by atoms with E-state index in [2.05, 4.69) is 17.4 Å². The van der Waals surface area contributed by atoms with Gasteiger partial charge in [0.15, 0.2) is 0 Å². The minimum Gasteiger partial charge on any atom is -0.494 e. The predicted molar refractivity (Wildman–Crippen MR) is 102 cm³/mol. The van der Waals surface area contributed by atoms with Crippen LogP contribution in [0.2, 0.25) is 0 Å². The number of halogens is 1. The summed E-state index contributed by atoms with van der Waals surface area (Å²) in [7, 11) is 0. The molecule has 138 valence electrons. The third-order valence-corrected chi connectivity index (χ3v) is 5.11. The quantitative estimate of drug-likeness (QED) is 0.740. The molecule has 0 aliphatic heterocycles. The van der Waals surface area contributed by atoms with Gasteiger partial charge in [0.2, 0.25) is 5.91 Å². The van der Waals surface area contributed by atoms with Crippen molar-refractivity contribution in [2.24, 2.45) is 5.92 Å². The molecule has 0 aromatic heterocycles. The van der Waals surface area contributed by atoms with Crippen molar-refractivity contribution < 1.29 is 13.9 Å². The van der Waals surface area contributed by atoms with Crippen LogP contribution >= 0.6 is 0 Å². The molecule has 0 atom stereocenters. The summed E-state index contributed by atoms with van der Waals surface area (Å²) in [5.41, 5.74) is 2.02. The molecule has 4 heteroatoms. The highest BCUT2D eigenvalue weighted by Gasteiger charge is 2.24. The maximum atomic E-state index is 12.9. The van der Waals surface area contributed by atoms with Crippen molar-refractivity contribution in [3.8, 4) is 5.75 Å². The predicted octanol–water partition coefficient (Wildman–Crippen LogP) is 5.53. The minimum atomic E-state index is -0.296. The van der Waals surface area contributed by atoms with E-state index in [1.165, 1.54) is 17.7 Å². The Kier molecular flexibility index (Phi) is 6.26. The highest BCUT2D eigenvalue weighted by Crippen LogP contribution is 2.37. The highest BCUT2D eigenvalue weighted by molar-refractivity contribution is 5.90. The lowest BCUT2D eigenvalue weighted by Crippen LogP contribution is -2.20. The SMILES string of the molecule is CCOc1ccc(C2CCC(CC(=O)Nc3ccc(F)cc3)CC2)cc1. The molecule has 2 aromatic rings. The maximum absolute atomic E-state index is 12.9. The third kappa shape index (κ3) is 5.07. The van der Waals surface area contributed by atoms with Crippen LogP contribution in [0.3, 0.4) is 0 Å². The van der Waals surface area contributed by atoms with E-state index in [9.17, 15) is 9.18 Å². The summed E-state index contributed by atoms with van der Waals surface area (Å²) >= 11 is 0. The van der Waals surface area contributed by atoms with Crippen LogP contribution in [0.4, 0.5) is 10.1 Å². The Bertz CT molecular complexity index is 704. The molecule has 1 aliphatic carbocycles. The van der Waals surface area contributed by atoms with E-state index in [0.717, 1.165) is 31.4 Å². The average molecular weight is 355 g/mol. The van der Waals surface area contributed by atoms with Gasteiger partial charge >= 0.3 is 0 Å². The molecule has 26 heavy (non-hydrogen) atoms. The fourth-order valence-electron chi connectivity index (χ4n) is 3.71. The second-order valence-corrected chi connectivity index (χ2v) is 6.98. The van der Waals surface area contributed by atoms with Gasteiger partial charge in [-0.1, -0.05) is 12.1 Å². The molecule has 3 rings (SSSR count). The Morgan fingerprint density at radius 3 is 2.31 bits per heavy atom.